The highest BCUT2D eigenvalue weighted by Crippen LogP contribution is 2.42. The second-order valence-corrected chi connectivity index (χ2v) is 9.99. The number of nitriles is 1. The third-order valence-electron chi connectivity index (χ3n) is 6.79. The first-order chi connectivity index (χ1) is 19.5. The molecule has 0 aliphatic carbocycles. The Morgan fingerprint density at radius 1 is 0.975 bits per heavy atom. The molecule has 0 fully saturated rings. The summed E-state index contributed by atoms with van der Waals surface area (Å²) >= 11 is 0. The SMILES string of the molecule is Cc1ccc(C(C)C)c(OCC(=O)Nc2c(C#N)c(-c3ccccc3)c(-c3ccccc3)n2Cc2ccco2)c1. The average Bonchev–Trinajstić information content (AvgIpc) is 3.59. The number of aromatic nitrogens is 1. The number of nitrogens with one attached hydrogen (secondary N) is 1. The molecule has 5 aromatic rings. The first-order valence-corrected chi connectivity index (χ1v) is 13.3. The number of aryl methyl sites for hydroxylation is 1. The van der Waals surface area contributed by atoms with Gasteiger partial charge in [0, 0.05) is 5.56 Å². The monoisotopic (exact) mass is 529 g/mol. The van der Waals surface area contributed by atoms with Gasteiger partial charge < -0.3 is 19.0 Å². The first kappa shape index (κ1) is 26.6. The molecule has 6 nitrogen and oxygen atoms in total. The Hall–Kier alpha value is -5.02. The molecule has 0 aliphatic heterocycles. The van der Waals surface area contributed by atoms with E-state index in [9.17, 15) is 10.1 Å². The van der Waals surface area contributed by atoms with Crippen molar-refractivity contribution in [3.8, 4) is 34.2 Å². The van der Waals surface area contributed by atoms with E-state index in [-0.39, 0.29) is 18.4 Å². The normalized spacial score (nSPS) is 10.9. The molecule has 0 saturated heterocycles. The summed E-state index contributed by atoms with van der Waals surface area (Å²) in [7, 11) is 0. The number of ether oxygens (including phenoxy) is 1. The minimum Gasteiger partial charge on any atom is -0.483 e. The van der Waals surface area contributed by atoms with Crippen molar-refractivity contribution in [2.24, 2.45) is 0 Å². The van der Waals surface area contributed by atoms with Crippen LogP contribution in [0.4, 0.5) is 5.82 Å². The number of nitrogens with zero attached hydrogens (tertiary/aromatic N) is 2. The summed E-state index contributed by atoms with van der Waals surface area (Å²) in [6.45, 7) is 6.31. The van der Waals surface area contributed by atoms with Crippen LogP contribution in [0.15, 0.2) is 102 Å². The van der Waals surface area contributed by atoms with Crippen molar-refractivity contribution in [2.75, 3.05) is 11.9 Å². The van der Waals surface area contributed by atoms with E-state index in [0.29, 0.717) is 29.4 Å². The van der Waals surface area contributed by atoms with E-state index < -0.39 is 0 Å². The third-order valence-corrected chi connectivity index (χ3v) is 6.79. The quantitative estimate of drug-likeness (QED) is 0.211. The highest BCUT2D eigenvalue weighted by Gasteiger charge is 2.27. The molecule has 5 rings (SSSR count). The number of hydrogen-bond acceptors (Lipinski definition) is 4. The number of rotatable bonds is 9. The molecule has 200 valence electrons. The molecule has 1 amide bonds. The minimum atomic E-state index is -0.356. The summed E-state index contributed by atoms with van der Waals surface area (Å²) in [5.74, 6) is 1.68. The number of carbonyl (C=O) groups excluding carboxylic acids is 1. The van der Waals surface area contributed by atoms with Crippen LogP contribution in [0, 0.1) is 18.3 Å². The van der Waals surface area contributed by atoms with E-state index >= 15 is 0 Å². The smallest absolute Gasteiger partial charge is 0.263 e. The van der Waals surface area contributed by atoms with Gasteiger partial charge in [0.25, 0.3) is 5.91 Å². The van der Waals surface area contributed by atoms with Gasteiger partial charge in [0.2, 0.25) is 0 Å². The molecule has 40 heavy (non-hydrogen) atoms. The molecule has 2 aromatic heterocycles. The van der Waals surface area contributed by atoms with Crippen LogP contribution in [-0.2, 0) is 11.3 Å². The fraction of sp³-hybridized carbons (Fsp3) is 0.176. The van der Waals surface area contributed by atoms with Gasteiger partial charge >= 0.3 is 0 Å². The molecule has 0 spiro atoms. The van der Waals surface area contributed by atoms with Gasteiger partial charge in [-0.2, -0.15) is 5.26 Å². The highest BCUT2D eigenvalue weighted by molar-refractivity contribution is 5.98. The molecule has 0 radical (unpaired) electrons. The molecule has 2 heterocycles. The summed E-state index contributed by atoms with van der Waals surface area (Å²) in [4.78, 5) is 13.4. The van der Waals surface area contributed by atoms with Crippen molar-refractivity contribution in [3.63, 3.8) is 0 Å². The molecule has 0 saturated carbocycles. The fourth-order valence-electron chi connectivity index (χ4n) is 4.91. The number of hydrogen-bond donors (Lipinski definition) is 1. The second kappa shape index (κ2) is 11.8. The lowest BCUT2D eigenvalue weighted by molar-refractivity contribution is -0.118. The molecule has 3 aromatic carbocycles. The number of carbonyl (C=O) groups is 1. The van der Waals surface area contributed by atoms with Gasteiger partial charge in [-0.3, -0.25) is 4.79 Å². The van der Waals surface area contributed by atoms with Crippen molar-refractivity contribution in [1.29, 1.82) is 5.26 Å². The molecule has 0 unspecified atom stereocenters. The number of furan rings is 1. The van der Waals surface area contributed by atoms with E-state index in [0.717, 1.165) is 33.5 Å². The van der Waals surface area contributed by atoms with E-state index in [1.54, 1.807) is 6.26 Å². The van der Waals surface area contributed by atoms with Crippen molar-refractivity contribution in [1.82, 2.24) is 4.57 Å². The van der Waals surface area contributed by atoms with Gasteiger partial charge in [-0.05, 0) is 53.3 Å². The molecule has 1 N–H and O–H groups in total. The summed E-state index contributed by atoms with van der Waals surface area (Å²) in [5.41, 5.74) is 5.83. The topological polar surface area (TPSA) is 80.2 Å². The van der Waals surface area contributed by atoms with Crippen LogP contribution in [-0.4, -0.2) is 17.1 Å². The van der Waals surface area contributed by atoms with E-state index in [1.165, 1.54) is 0 Å². The zero-order valence-electron chi connectivity index (χ0n) is 22.8. The summed E-state index contributed by atoms with van der Waals surface area (Å²) in [6.07, 6.45) is 1.62. The number of amides is 1. The van der Waals surface area contributed by atoms with Gasteiger partial charge in [-0.15, -0.1) is 0 Å². The molecule has 0 bridgehead atoms. The van der Waals surface area contributed by atoms with Crippen LogP contribution in [0.5, 0.6) is 5.75 Å². The minimum absolute atomic E-state index is 0.193. The lowest BCUT2D eigenvalue weighted by atomic mass is 9.98. The summed E-state index contributed by atoms with van der Waals surface area (Å²) in [6, 6.07) is 31.7. The summed E-state index contributed by atoms with van der Waals surface area (Å²) in [5, 5.41) is 13.5. The van der Waals surface area contributed by atoms with Gasteiger partial charge in [0.05, 0.1) is 18.5 Å². The molecule has 0 atom stereocenters. The molecule has 0 aliphatic rings. The van der Waals surface area contributed by atoms with Crippen molar-refractivity contribution in [3.05, 3.63) is 120 Å². The zero-order valence-corrected chi connectivity index (χ0v) is 22.8. The predicted molar refractivity (Wildman–Crippen MR) is 157 cm³/mol. The maximum atomic E-state index is 13.4. The Balaban J connectivity index is 1.59. The van der Waals surface area contributed by atoms with Crippen LogP contribution in [0.25, 0.3) is 22.4 Å². The lowest BCUT2D eigenvalue weighted by Crippen LogP contribution is -2.23. The van der Waals surface area contributed by atoms with E-state index in [4.69, 9.17) is 9.15 Å². The van der Waals surface area contributed by atoms with Crippen LogP contribution >= 0.6 is 0 Å². The van der Waals surface area contributed by atoms with E-state index in [1.807, 2.05) is 102 Å². The van der Waals surface area contributed by atoms with Crippen LogP contribution < -0.4 is 10.1 Å². The maximum absolute atomic E-state index is 13.4. The van der Waals surface area contributed by atoms with Crippen molar-refractivity contribution >= 4 is 11.7 Å². The summed E-state index contributed by atoms with van der Waals surface area (Å²) < 4.78 is 13.6. The zero-order chi connectivity index (χ0) is 28.1. The van der Waals surface area contributed by atoms with Gasteiger partial charge in [0.1, 0.15) is 29.0 Å². The van der Waals surface area contributed by atoms with Crippen molar-refractivity contribution in [2.45, 2.75) is 33.2 Å². The highest BCUT2D eigenvalue weighted by atomic mass is 16.5. The molecule has 6 heteroatoms. The predicted octanol–water partition coefficient (Wildman–Crippen LogP) is 7.78. The van der Waals surface area contributed by atoms with Crippen LogP contribution in [0.1, 0.15) is 42.2 Å². The average molecular weight is 530 g/mol. The largest absolute Gasteiger partial charge is 0.483 e. The standard InChI is InChI=1S/C34H31N3O3/c1-23(2)28-17-16-24(3)19-30(28)40-22-31(38)36-34-29(20-35)32(25-11-6-4-7-12-25)33(26-13-8-5-9-14-26)37(34)21-27-15-10-18-39-27/h4-19,23H,21-22H2,1-3H3,(H,36,38). The van der Waals surface area contributed by atoms with Crippen LogP contribution in [0.2, 0.25) is 0 Å². The van der Waals surface area contributed by atoms with Gasteiger partial charge in [-0.25, -0.2) is 0 Å². The number of anilines is 1. The second-order valence-electron chi connectivity index (χ2n) is 9.99. The third kappa shape index (κ3) is 5.55. The van der Waals surface area contributed by atoms with E-state index in [2.05, 4.69) is 25.2 Å². The number of benzene rings is 3. The molecular formula is C34H31N3O3. The fourth-order valence-corrected chi connectivity index (χ4v) is 4.91. The molecular weight excluding hydrogens is 498 g/mol. The Morgan fingerprint density at radius 2 is 1.68 bits per heavy atom. The Bertz CT molecular complexity index is 1640. The lowest BCUT2D eigenvalue weighted by Gasteiger charge is -2.16. The maximum Gasteiger partial charge on any atom is 0.263 e. The van der Waals surface area contributed by atoms with Crippen molar-refractivity contribution < 1.29 is 13.9 Å². The van der Waals surface area contributed by atoms with Gasteiger partial charge in [0.15, 0.2) is 6.61 Å². The Morgan fingerprint density at radius 3 is 2.30 bits per heavy atom. The van der Waals surface area contributed by atoms with Crippen LogP contribution in [0.3, 0.4) is 0 Å². The van der Waals surface area contributed by atoms with Gasteiger partial charge in [-0.1, -0.05) is 86.6 Å². The first-order valence-electron chi connectivity index (χ1n) is 13.3. The Labute approximate surface area is 234 Å². The Kier molecular flexibility index (Phi) is 7.84.